The molecule has 0 aliphatic carbocycles. The molecule has 0 aromatic carbocycles. The van der Waals surface area contributed by atoms with Gasteiger partial charge in [0, 0.05) is 11.1 Å². The zero-order valence-electron chi connectivity index (χ0n) is 7.89. The first-order chi connectivity index (χ1) is 5.84. The summed E-state index contributed by atoms with van der Waals surface area (Å²) in [6.45, 7) is 2.26. The van der Waals surface area contributed by atoms with E-state index in [1.54, 1.807) is 0 Å². The second kappa shape index (κ2) is 6.15. The van der Waals surface area contributed by atoms with Crippen molar-refractivity contribution in [1.29, 1.82) is 0 Å². The van der Waals surface area contributed by atoms with Crippen LogP contribution in [0.3, 0.4) is 0 Å². The number of halogens is 1. The highest BCUT2D eigenvalue weighted by molar-refractivity contribution is 7.99. The molecule has 1 aliphatic rings. The van der Waals surface area contributed by atoms with E-state index in [1.165, 1.54) is 43.6 Å². The molecule has 0 bridgehead atoms. The van der Waals surface area contributed by atoms with Gasteiger partial charge in [-0.05, 0) is 18.1 Å². The zero-order chi connectivity index (χ0) is 8.81. The highest BCUT2D eigenvalue weighted by Crippen LogP contribution is 2.32. The third-order valence-electron chi connectivity index (χ3n) is 2.55. The molecule has 0 radical (unpaired) electrons. The Labute approximate surface area is 85.4 Å². The minimum atomic E-state index is 0.469. The van der Waals surface area contributed by atoms with Gasteiger partial charge >= 0.3 is 0 Å². The van der Waals surface area contributed by atoms with Crippen LogP contribution in [0.25, 0.3) is 0 Å². The van der Waals surface area contributed by atoms with E-state index < -0.39 is 0 Å². The highest BCUT2D eigenvalue weighted by Gasteiger charge is 2.24. The second-order valence-corrected chi connectivity index (χ2v) is 5.30. The molecule has 12 heavy (non-hydrogen) atoms. The Bertz CT molecular complexity index is 116. The molecule has 1 saturated heterocycles. The van der Waals surface area contributed by atoms with E-state index in [9.17, 15) is 0 Å². The number of thioether (sulfide) groups is 1. The van der Waals surface area contributed by atoms with E-state index in [2.05, 4.69) is 6.92 Å². The quantitative estimate of drug-likeness (QED) is 0.485. The zero-order valence-corrected chi connectivity index (χ0v) is 9.46. The predicted molar refractivity (Wildman–Crippen MR) is 59.2 cm³/mol. The lowest BCUT2D eigenvalue weighted by molar-refractivity contribution is 0.503. The van der Waals surface area contributed by atoms with E-state index >= 15 is 0 Å². The smallest absolute Gasteiger partial charge is 0.0462 e. The van der Waals surface area contributed by atoms with Crippen molar-refractivity contribution in [1.82, 2.24) is 0 Å². The summed E-state index contributed by atoms with van der Waals surface area (Å²) in [4.78, 5) is 0. The van der Waals surface area contributed by atoms with Crippen LogP contribution in [0.4, 0.5) is 0 Å². The van der Waals surface area contributed by atoms with Crippen LogP contribution in [-0.4, -0.2) is 16.9 Å². The van der Waals surface area contributed by atoms with Crippen molar-refractivity contribution in [3.05, 3.63) is 0 Å². The van der Waals surface area contributed by atoms with E-state index in [0.717, 1.165) is 5.92 Å². The molecule has 1 heterocycles. The Morgan fingerprint density at radius 2 is 2.08 bits per heavy atom. The first kappa shape index (κ1) is 10.7. The molecule has 2 unspecified atom stereocenters. The molecular formula is C10H19ClS. The lowest BCUT2D eigenvalue weighted by Crippen LogP contribution is -2.11. The van der Waals surface area contributed by atoms with Gasteiger partial charge in [0.05, 0.1) is 0 Å². The van der Waals surface area contributed by atoms with Gasteiger partial charge in [0.15, 0.2) is 0 Å². The van der Waals surface area contributed by atoms with E-state index in [4.69, 9.17) is 11.6 Å². The van der Waals surface area contributed by atoms with Gasteiger partial charge in [-0.3, -0.25) is 0 Å². The number of rotatable bonds is 5. The Kier molecular flexibility index (Phi) is 5.49. The maximum absolute atomic E-state index is 6.17. The first-order valence-corrected chi connectivity index (χ1v) is 6.65. The molecule has 1 rings (SSSR count). The monoisotopic (exact) mass is 206 g/mol. The molecule has 2 heteroatoms. The molecule has 0 spiro atoms. The molecule has 2 atom stereocenters. The molecule has 0 amide bonds. The lowest BCUT2D eigenvalue weighted by atomic mass is 10.0. The number of hydrogen-bond acceptors (Lipinski definition) is 1. The van der Waals surface area contributed by atoms with Gasteiger partial charge in [0.25, 0.3) is 0 Å². The van der Waals surface area contributed by atoms with E-state index in [0.29, 0.717) is 5.38 Å². The predicted octanol–water partition coefficient (Wildman–Crippen LogP) is 3.93. The van der Waals surface area contributed by atoms with Crippen LogP contribution in [0.5, 0.6) is 0 Å². The summed E-state index contributed by atoms with van der Waals surface area (Å²) < 4.78 is 0. The van der Waals surface area contributed by atoms with Crippen molar-refractivity contribution < 1.29 is 0 Å². The first-order valence-electron chi connectivity index (χ1n) is 5.06. The molecule has 0 aromatic rings. The van der Waals surface area contributed by atoms with Gasteiger partial charge in [-0.1, -0.05) is 32.6 Å². The summed E-state index contributed by atoms with van der Waals surface area (Å²) in [6, 6.07) is 0. The van der Waals surface area contributed by atoms with Crippen LogP contribution in [0.2, 0.25) is 0 Å². The van der Waals surface area contributed by atoms with Gasteiger partial charge in [-0.15, -0.1) is 11.6 Å². The van der Waals surface area contributed by atoms with E-state index in [-0.39, 0.29) is 0 Å². The van der Waals surface area contributed by atoms with Crippen LogP contribution in [-0.2, 0) is 0 Å². The minimum Gasteiger partial charge on any atom is -0.160 e. The van der Waals surface area contributed by atoms with Crippen LogP contribution in [0, 0.1) is 5.92 Å². The minimum absolute atomic E-state index is 0.469. The van der Waals surface area contributed by atoms with Crippen molar-refractivity contribution >= 4 is 23.4 Å². The Balaban J connectivity index is 1.98. The third-order valence-corrected chi connectivity index (χ3v) is 4.50. The molecule has 1 aliphatic heterocycles. The number of unbranched alkanes of at least 4 members (excludes halogenated alkanes) is 3. The summed E-state index contributed by atoms with van der Waals surface area (Å²) in [7, 11) is 0. The fourth-order valence-electron chi connectivity index (χ4n) is 1.67. The summed E-state index contributed by atoms with van der Waals surface area (Å²) in [5.41, 5.74) is 0. The standard InChI is InChI=1S/C10H19ClS/c1-2-3-4-5-6-9-7-12-8-10(9)11/h9-10H,2-8H2,1H3. The van der Waals surface area contributed by atoms with Gasteiger partial charge in [0.1, 0.15) is 0 Å². The van der Waals surface area contributed by atoms with Crippen molar-refractivity contribution in [2.75, 3.05) is 11.5 Å². The lowest BCUT2D eigenvalue weighted by Gasteiger charge is -2.11. The molecule has 0 aromatic heterocycles. The summed E-state index contributed by atoms with van der Waals surface area (Å²) >= 11 is 8.19. The average Bonchev–Trinajstić information content (AvgIpc) is 2.46. The van der Waals surface area contributed by atoms with Gasteiger partial charge < -0.3 is 0 Å². The SMILES string of the molecule is CCCCCCC1CSCC1Cl. The Morgan fingerprint density at radius 1 is 1.25 bits per heavy atom. The van der Waals surface area contributed by atoms with Crippen molar-refractivity contribution in [2.24, 2.45) is 5.92 Å². The molecule has 0 N–H and O–H groups in total. The van der Waals surface area contributed by atoms with Crippen LogP contribution < -0.4 is 0 Å². The topological polar surface area (TPSA) is 0 Å². The third kappa shape index (κ3) is 3.57. The van der Waals surface area contributed by atoms with Gasteiger partial charge in [-0.2, -0.15) is 11.8 Å². The maximum Gasteiger partial charge on any atom is 0.0462 e. The summed E-state index contributed by atoms with van der Waals surface area (Å²) in [5, 5.41) is 0.469. The normalized spacial score (nSPS) is 29.5. The molecule has 72 valence electrons. The Hall–Kier alpha value is 0.640. The highest BCUT2D eigenvalue weighted by atomic mass is 35.5. The summed E-state index contributed by atoms with van der Waals surface area (Å²) in [6.07, 6.45) is 6.89. The van der Waals surface area contributed by atoms with Crippen LogP contribution in [0.15, 0.2) is 0 Å². The van der Waals surface area contributed by atoms with E-state index in [1.807, 2.05) is 11.8 Å². The van der Waals surface area contributed by atoms with Gasteiger partial charge in [0.2, 0.25) is 0 Å². The van der Waals surface area contributed by atoms with Crippen LogP contribution >= 0.6 is 23.4 Å². The Morgan fingerprint density at radius 3 is 2.67 bits per heavy atom. The van der Waals surface area contributed by atoms with Crippen LogP contribution in [0.1, 0.15) is 39.0 Å². The second-order valence-electron chi connectivity index (χ2n) is 3.66. The number of alkyl halides is 1. The maximum atomic E-state index is 6.17. The van der Waals surface area contributed by atoms with Gasteiger partial charge in [-0.25, -0.2) is 0 Å². The average molecular weight is 207 g/mol. The fourth-order valence-corrected chi connectivity index (χ4v) is 3.59. The molecule has 0 saturated carbocycles. The molecule has 0 nitrogen and oxygen atoms in total. The summed E-state index contributed by atoms with van der Waals surface area (Å²) in [5.74, 6) is 3.30. The molecule has 1 fully saturated rings. The number of hydrogen-bond donors (Lipinski definition) is 0. The van der Waals surface area contributed by atoms with Crippen molar-refractivity contribution in [2.45, 2.75) is 44.4 Å². The van der Waals surface area contributed by atoms with Crippen molar-refractivity contribution in [3.63, 3.8) is 0 Å². The molecular weight excluding hydrogens is 188 g/mol. The van der Waals surface area contributed by atoms with Crippen molar-refractivity contribution in [3.8, 4) is 0 Å². The fraction of sp³-hybridized carbons (Fsp3) is 1.00. The largest absolute Gasteiger partial charge is 0.160 e.